The van der Waals surface area contributed by atoms with Gasteiger partial charge in [0.2, 0.25) is 0 Å². The van der Waals surface area contributed by atoms with Gasteiger partial charge in [0.1, 0.15) is 0 Å². The van der Waals surface area contributed by atoms with Crippen molar-refractivity contribution in [3.63, 3.8) is 0 Å². The molecule has 4 heteroatoms. The Labute approximate surface area is 123 Å². The van der Waals surface area contributed by atoms with E-state index in [0.717, 1.165) is 18.6 Å². The summed E-state index contributed by atoms with van der Waals surface area (Å²) in [5.74, 6) is 1.14. The van der Waals surface area contributed by atoms with Crippen LogP contribution >= 0.6 is 11.8 Å². The van der Waals surface area contributed by atoms with Gasteiger partial charge in [-0.2, -0.15) is 11.8 Å². The summed E-state index contributed by atoms with van der Waals surface area (Å²) >= 11 is 1.91. The topological polar surface area (TPSA) is 38.5 Å². The lowest BCUT2D eigenvalue weighted by Crippen LogP contribution is -2.65. The Balaban J connectivity index is 3.09. The molecule has 0 radical (unpaired) electrons. The molecule has 1 saturated heterocycles. The van der Waals surface area contributed by atoms with Crippen LogP contribution in [0.2, 0.25) is 0 Å². The van der Waals surface area contributed by atoms with E-state index in [2.05, 4.69) is 52.8 Å². The number of rotatable bonds is 6. The van der Waals surface area contributed by atoms with E-state index in [9.17, 15) is 0 Å². The zero-order chi connectivity index (χ0) is 14.9. The van der Waals surface area contributed by atoms with E-state index in [1.807, 2.05) is 11.8 Å². The molecular formula is C15H32N2OS. The molecule has 2 atom stereocenters. The van der Waals surface area contributed by atoms with Crippen molar-refractivity contribution in [2.45, 2.75) is 70.2 Å². The van der Waals surface area contributed by atoms with Crippen LogP contribution in [0.3, 0.4) is 0 Å². The van der Waals surface area contributed by atoms with Gasteiger partial charge in [-0.05, 0) is 53.8 Å². The third-order valence-electron chi connectivity index (χ3n) is 4.76. The zero-order valence-electron chi connectivity index (χ0n) is 13.7. The second-order valence-corrected chi connectivity index (χ2v) is 7.82. The Hall–Kier alpha value is 0.230. The maximum absolute atomic E-state index is 6.31. The minimum atomic E-state index is -0.216. The Kier molecular flexibility index (Phi) is 5.39. The number of hydrogen-bond acceptors (Lipinski definition) is 4. The second kappa shape index (κ2) is 5.92. The Morgan fingerprint density at radius 2 is 1.89 bits per heavy atom. The first-order chi connectivity index (χ1) is 8.65. The fourth-order valence-corrected chi connectivity index (χ4v) is 4.64. The van der Waals surface area contributed by atoms with Crippen molar-refractivity contribution >= 4 is 11.8 Å². The van der Waals surface area contributed by atoms with Gasteiger partial charge in [-0.1, -0.05) is 6.92 Å². The van der Waals surface area contributed by atoms with Crippen molar-refractivity contribution in [2.75, 3.05) is 25.6 Å². The van der Waals surface area contributed by atoms with Gasteiger partial charge in [0.25, 0.3) is 0 Å². The Morgan fingerprint density at radius 3 is 2.21 bits per heavy atom. The van der Waals surface area contributed by atoms with E-state index in [0.29, 0.717) is 12.6 Å². The summed E-state index contributed by atoms with van der Waals surface area (Å²) in [6.07, 6.45) is 4.31. The summed E-state index contributed by atoms with van der Waals surface area (Å²) in [7, 11) is 2.23. The number of likely N-dealkylation sites (N-methyl/N-ethyl adjacent to an activating group) is 1. The van der Waals surface area contributed by atoms with E-state index < -0.39 is 0 Å². The van der Waals surface area contributed by atoms with E-state index in [1.165, 1.54) is 0 Å². The van der Waals surface area contributed by atoms with Crippen molar-refractivity contribution in [3.05, 3.63) is 0 Å². The van der Waals surface area contributed by atoms with Crippen molar-refractivity contribution in [2.24, 2.45) is 5.73 Å². The SMILES string of the molecule is CCC(CSC)N(C)C1(CN)CC(C)(C)OC1(C)C. The third-order valence-corrected chi connectivity index (χ3v) is 5.48. The average molecular weight is 289 g/mol. The minimum Gasteiger partial charge on any atom is -0.368 e. The van der Waals surface area contributed by atoms with Crippen molar-refractivity contribution in [1.29, 1.82) is 0 Å². The molecule has 19 heavy (non-hydrogen) atoms. The predicted molar refractivity (Wildman–Crippen MR) is 85.9 cm³/mol. The summed E-state index contributed by atoms with van der Waals surface area (Å²) in [6, 6.07) is 0.551. The highest BCUT2D eigenvalue weighted by Crippen LogP contribution is 2.48. The second-order valence-electron chi connectivity index (χ2n) is 6.91. The molecule has 1 heterocycles. The molecule has 0 aliphatic carbocycles. The monoisotopic (exact) mass is 288 g/mol. The highest BCUT2D eigenvalue weighted by molar-refractivity contribution is 7.98. The number of ether oxygens (including phenoxy) is 1. The molecule has 3 nitrogen and oxygen atoms in total. The van der Waals surface area contributed by atoms with Crippen molar-refractivity contribution < 1.29 is 4.74 Å². The van der Waals surface area contributed by atoms with Crippen molar-refractivity contribution in [3.8, 4) is 0 Å². The molecule has 1 aliphatic rings. The van der Waals surface area contributed by atoms with E-state index in [-0.39, 0.29) is 16.7 Å². The average Bonchev–Trinajstić information content (AvgIpc) is 2.50. The van der Waals surface area contributed by atoms with Crippen LogP contribution in [0.4, 0.5) is 0 Å². The molecule has 114 valence electrons. The van der Waals surface area contributed by atoms with Crippen molar-refractivity contribution in [1.82, 2.24) is 4.90 Å². The number of nitrogens with two attached hydrogens (primary N) is 1. The lowest BCUT2D eigenvalue weighted by molar-refractivity contribution is -0.105. The van der Waals surface area contributed by atoms with E-state index >= 15 is 0 Å². The molecule has 0 amide bonds. The van der Waals surface area contributed by atoms with E-state index in [1.54, 1.807) is 0 Å². The van der Waals surface area contributed by atoms with Gasteiger partial charge in [0, 0.05) is 18.3 Å². The Morgan fingerprint density at radius 1 is 1.32 bits per heavy atom. The summed E-state index contributed by atoms with van der Waals surface area (Å²) in [6.45, 7) is 11.6. The number of thioether (sulfide) groups is 1. The fraction of sp³-hybridized carbons (Fsp3) is 1.00. The van der Waals surface area contributed by atoms with Gasteiger partial charge >= 0.3 is 0 Å². The highest BCUT2D eigenvalue weighted by atomic mass is 32.2. The molecule has 2 unspecified atom stereocenters. The molecule has 0 bridgehead atoms. The molecule has 0 aromatic carbocycles. The molecule has 0 spiro atoms. The van der Waals surface area contributed by atoms with Crippen LogP contribution in [0.5, 0.6) is 0 Å². The maximum atomic E-state index is 6.31. The smallest absolute Gasteiger partial charge is 0.0830 e. The van der Waals surface area contributed by atoms with E-state index in [4.69, 9.17) is 10.5 Å². The minimum absolute atomic E-state index is 0.0765. The largest absolute Gasteiger partial charge is 0.368 e. The molecule has 1 aliphatic heterocycles. The lowest BCUT2D eigenvalue weighted by Gasteiger charge is -2.49. The first-order valence-corrected chi connectivity index (χ1v) is 8.67. The quantitative estimate of drug-likeness (QED) is 0.815. The molecular weight excluding hydrogens is 256 g/mol. The fourth-order valence-electron chi connectivity index (χ4n) is 3.80. The van der Waals surface area contributed by atoms with Gasteiger partial charge in [-0.15, -0.1) is 0 Å². The lowest BCUT2D eigenvalue weighted by atomic mass is 9.77. The number of hydrogen-bond donors (Lipinski definition) is 1. The molecule has 0 saturated carbocycles. The van der Waals surface area contributed by atoms with Crippen LogP contribution in [0.15, 0.2) is 0 Å². The number of nitrogens with zero attached hydrogens (tertiary/aromatic N) is 1. The third kappa shape index (κ3) is 3.12. The first-order valence-electron chi connectivity index (χ1n) is 7.28. The van der Waals surface area contributed by atoms with Crippen LogP contribution in [0.1, 0.15) is 47.5 Å². The van der Waals surface area contributed by atoms with Crippen LogP contribution in [-0.2, 0) is 4.74 Å². The van der Waals surface area contributed by atoms with Crippen LogP contribution < -0.4 is 5.73 Å². The van der Waals surface area contributed by atoms with Crippen LogP contribution in [0, 0.1) is 0 Å². The van der Waals surface area contributed by atoms with Gasteiger partial charge in [0.15, 0.2) is 0 Å². The summed E-state index contributed by atoms with van der Waals surface area (Å²) in [5, 5.41) is 0. The van der Waals surface area contributed by atoms with Crippen LogP contribution in [-0.4, -0.2) is 53.3 Å². The Bertz CT molecular complexity index is 307. The molecule has 1 fully saturated rings. The molecule has 2 N–H and O–H groups in total. The highest BCUT2D eigenvalue weighted by Gasteiger charge is 2.59. The normalized spacial score (nSPS) is 30.8. The molecule has 0 aromatic rings. The first kappa shape index (κ1) is 17.3. The van der Waals surface area contributed by atoms with Gasteiger partial charge in [-0.3, -0.25) is 4.90 Å². The summed E-state index contributed by atoms with van der Waals surface area (Å²) in [4.78, 5) is 2.50. The predicted octanol–water partition coefficient (Wildman–Crippen LogP) is 2.73. The molecule has 1 rings (SSSR count). The summed E-state index contributed by atoms with van der Waals surface area (Å²) in [5.41, 5.74) is 5.83. The standard InChI is InChI=1S/C15H32N2OS/c1-8-12(9-19-7)17(6)15(11-16)10-13(2,3)18-14(15,4)5/h12H,8-11,16H2,1-7H3. The molecule has 0 aromatic heterocycles. The summed E-state index contributed by atoms with van der Waals surface area (Å²) < 4.78 is 6.31. The zero-order valence-corrected chi connectivity index (χ0v) is 14.6. The van der Waals surface area contributed by atoms with Gasteiger partial charge < -0.3 is 10.5 Å². The maximum Gasteiger partial charge on any atom is 0.0830 e. The van der Waals surface area contributed by atoms with Gasteiger partial charge in [0.05, 0.1) is 16.7 Å². The van der Waals surface area contributed by atoms with Crippen LogP contribution in [0.25, 0.3) is 0 Å². The van der Waals surface area contributed by atoms with Gasteiger partial charge in [-0.25, -0.2) is 0 Å².